The first-order chi connectivity index (χ1) is 8.74. The SMILES string of the molecule is CN1C(=O)CCN1c1ccccc1CCCCN. The van der Waals surface area contributed by atoms with Gasteiger partial charge < -0.3 is 5.73 Å². The Morgan fingerprint density at radius 1 is 1.28 bits per heavy atom. The predicted octanol–water partition coefficient (Wildman–Crippen LogP) is 1.55. The zero-order chi connectivity index (χ0) is 13.0. The number of hydrazine groups is 1. The molecule has 0 aromatic heterocycles. The van der Waals surface area contributed by atoms with E-state index < -0.39 is 0 Å². The number of nitrogens with zero attached hydrogens (tertiary/aromatic N) is 2. The molecule has 0 radical (unpaired) electrons. The van der Waals surface area contributed by atoms with Crippen LogP contribution in [0.1, 0.15) is 24.8 Å². The van der Waals surface area contributed by atoms with Gasteiger partial charge in [0, 0.05) is 20.0 Å². The molecule has 1 saturated heterocycles. The lowest BCUT2D eigenvalue weighted by Crippen LogP contribution is -2.36. The summed E-state index contributed by atoms with van der Waals surface area (Å²) in [5, 5.41) is 3.79. The Morgan fingerprint density at radius 3 is 2.72 bits per heavy atom. The minimum Gasteiger partial charge on any atom is -0.330 e. The summed E-state index contributed by atoms with van der Waals surface area (Å²) in [7, 11) is 1.84. The largest absolute Gasteiger partial charge is 0.330 e. The van der Waals surface area contributed by atoms with Crippen LogP contribution in [0.5, 0.6) is 0 Å². The fraction of sp³-hybridized carbons (Fsp3) is 0.500. The second kappa shape index (κ2) is 5.87. The van der Waals surface area contributed by atoms with E-state index in [-0.39, 0.29) is 5.91 Å². The number of rotatable bonds is 5. The summed E-state index contributed by atoms with van der Waals surface area (Å²) in [5.41, 5.74) is 7.98. The molecular weight excluding hydrogens is 226 g/mol. The van der Waals surface area contributed by atoms with E-state index >= 15 is 0 Å². The topological polar surface area (TPSA) is 49.6 Å². The van der Waals surface area contributed by atoms with Gasteiger partial charge in [0.25, 0.3) is 0 Å². The number of para-hydroxylation sites is 1. The van der Waals surface area contributed by atoms with E-state index in [4.69, 9.17) is 5.73 Å². The fourth-order valence-corrected chi connectivity index (χ4v) is 2.36. The van der Waals surface area contributed by atoms with Gasteiger partial charge in [-0.05, 0) is 37.4 Å². The predicted molar refractivity (Wildman–Crippen MR) is 73.2 cm³/mol. The summed E-state index contributed by atoms with van der Waals surface area (Å²) in [6, 6.07) is 8.31. The Labute approximate surface area is 108 Å². The molecule has 1 aromatic rings. The first-order valence-corrected chi connectivity index (χ1v) is 6.56. The molecule has 4 heteroatoms. The maximum absolute atomic E-state index is 11.6. The standard InChI is InChI=1S/C14H21N3O/c1-16-14(18)9-11-17(16)13-8-3-2-6-12(13)7-4-5-10-15/h2-3,6,8H,4-5,7,9-11,15H2,1H3. The quantitative estimate of drug-likeness (QED) is 0.803. The van der Waals surface area contributed by atoms with E-state index in [1.165, 1.54) is 5.56 Å². The maximum atomic E-state index is 11.6. The zero-order valence-electron chi connectivity index (χ0n) is 10.9. The van der Waals surface area contributed by atoms with Crippen LogP contribution in [0.3, 0.4) is 0 Å². The highest BCUT2D eigenvalue weighted by Gasteiger charge is 2.26. The molecule has 1 heterocycles. The summed E-state index contributed by atoms with van der Waals surface area (Å²) in [4.78, 5) is 11.6. The van der Waals surface area contributed by atoms with Crippen molar-refractivity contribution >= 4 is 11.6 Å². The molecule has 0 atom stereocenters. The highest BCUT2D eigenvalue weighted by atomic mass is 16.2. The van der Waals surface area contributed by atoms with Gasteiger partial charge in [0.2, 0.25) is 5.91 Å². The van der Waals surface area contributed by atoms with Crippen molar-refractivity contribution in [1.82, 2.24) is 5.01 Å². The van der Waals surface area contributed by atoms with Crippen molar-refractivity contribution in [2.24, 2.45) is 5.73 Å². The van der Waals surface area contributed by atoms with Gasteiger partial charge in [0.1, 0.15) is 0 Å². The molecule has 2 N–H and O–H groups in total. The lowest BCUT2D eigenvalue weighted by Gasteiger charge is -2.28. The fourth-order valence-electron chi connectivity index (χ4n) is 2.36. The van der Waals surface area contributed by atoms with Crippen molar-refractivity contribution in [2.45, 2.75) is 25.7 Å². The molecule has 1 aliphatic rings. The summed E-state index contributed by atoms with van der Waals surface area (Å²) in [5.74, 6) is 0.187. The van der Waals surface area contributed by atoms with Crippen LogP contribution < -0.4 is 10.7 Å². The van der Waals surface area contributed by atoms with E-state index in [9.17, 15) is 4.79 Å². The molecule has 2 rings (SSSR count). The van der Waals surface area contributed by atoms with E-state index in [0.717, 1.165) is 38.0 Å². The van der Waals surface area contributed by atoms with E-state index in [1.54, 1.807) is 5.01 Å². The molecule has 98 valence electrons. The molecule has 1 amide bonds. The molecule has 0 aliphatic carbocycles. The Bertz CT molecular complexity index is 419. The van der Waals surface area contributed by atoms with E-state index in [2.05, 4.69) is 23.2 Å². The van der Waals surface area contributed by atoms with Crippen molar-refractivity contribution in [3.8, 4) is 0 Å². The van der Waals surface area contributed by atoms with Gasteiger partial charge in [-0.2, -0.15) is 0 Å². The Morgan fingerprint density at radius 2 is 2.06 bits per heavy atom. The number of amides is 1. The third-order valence-electron chi connectivity index (χ3n) is 3.43. The summed E-state index contributed by atoms with van der Waals surface area (Å²) in [6.45, 7) is 1.52. The Hall–Kier alpha value is -1.55. The van der Waals surface area contributed by atoms with Crippen molar-refractivity contribution in [2.75, 3.05) is 25.1 Å². The van der Waals surface area contributed by atoms with Crippen LogP contribution in [0.4, 0.5) is 5.69 Å². The smallest absolute Gasteiger partial charge is 0.242 e. The number of benzene rings is 1. The average molecular weight is 247 g/mol. The number of anilines is 1. The maximum Gasteiger partial charge on any atom is 0.242 e. The molecule has 0 saturated carbocycles. The van der Waals surface area contributed by atoms with Crippen LogP contribution in [0.2, 0.25) is 0 Å². The summed E-state index contributed by atoms with van der Waals surface area (Å²) in [6.07, 6.45) is 3.77. The van der Waals surface area contributed by atoms with Gasteiger partial charge >= 0.3 is 0 Å². The molecule has 0 bridgehead atoms. The number of aryl methyl sites for hydroxylation is 1. The Kier molecular flexibility index (Phi) is 4.20. The third-order valence-corrected chi connectivity index (χ3v) is 3.43. The van der Waals surface area contributed by atoms with Gasteiger partial charge in [-0.15, -0.1) is 0 Å². The summed E-state index contributed by atoms with van der Waals surface area (Å²) >= 11 is 0. The normalized spacial score (nSPS) is 15.6. The molecule has 1 aromatic carbocycles. The molecule has 1 aliphatic heterocycles. The van der Waals surface area contributed by atoms with Crippen molar-refractivity contribution in [3.63, 3.8) is 0 Å². The third kappa shape index (κ3) is 2.64. The zero-order valence-corrected chi connectivity index (χ0v) is 10.9. The lowest BCUT2D eigenvalue weighted by atomic mass is 10.1. The summed E-state index contributed by atoms with van der Waals surface area (Å²) < 4.78 is 0. The molecule has 18 heavy (non-hydrogen) atoms. The van der Waals surface area contributed by atoms with Crippen LogP contribution in [0, 0.1) is 0 Å². The van der Waals surface area contributed by atoms with Crippen LogP contribution in [0.25, 0.3) is 0 Å². The molecule has 1 fully saturated rings. The van der Waals surface area contributed by atoms with Crippen molar-refractivity contribution in [3.05, 3.63) is 29.8 Å². The second-order valence-corrected chi connectivity index (χ2v) is 4.66. The van der Waals surface area contributed by atoms with E-state index in [1.807, 2.05) is 13.1 Å². The number of carbonyl (C=O) groups is 1. The number of hydrogen-bond acceptors (Lipinski definition) is 3. The highest BCUT2D eigenvalue weighted by molar-refractivity contribution is 5.81. The number of nitrogens with two attached hydrogens (primary N) is 1. The van der Waals surface area contributed by atoms with Gasteiger partial charge in [-0.25, -0.2) is 0 Å². The average Bonchev–Trinajstić information content (AvgIpc) is 2.71. The second-order valence-electron chi connectivity index (χ2n) is 4.66. The van der Waals surface area contributed by atoms with Gasteiger partial charge in [-0.3, -0.25) is 14.8 Å². The van der Waals surface area contributed by atoms with Crippen LogP contribution in [-0.2, 0) is 11.2 Å². The first kappa shape index (κ1) is 12.9. The highest BCUT2D eigenvalue weighted by Crippen LogP contribution is 2.26. The van der Waals surface area contributed by atoms with Gasteiger partial charge in [0.15, 0.2) is 0 Å². The van der Waals surface area contributed by atoms with Gasteiger partial charge in [-0.1, -0.05) is 18.2 Å². The molecular formula is C14H21N3O. The molecule has 4 nitrogen and oxygen atoms in total. The first-order valence-electron chi connectivity index (χ1n) is 6.56. The minimum absolute atomic E-state index is 0.187. The minimum atomic E-state index is 0.187. The number of hydrogen-bond donors (Lipinski definition) is 1. The molecule has 0 unspecified atom stereocenters. The van der Waals surface area contributed by atoms with Gasteiger partial charge in [0.05, 0.1) is 5.69 Å². The van der Waals surface area contributed by atoms with Crippen molar-refractivity contribution < 1.29 is 4.79 Å². The van der Waals surface area contributed by atoms with Crippen LogP contribution in [0.15, 0.2) is 24.3 Å². The van der Waals surface area contributed by atoms with Crippen molar-refractivity contribution in [1.29, 1.82) is 0 Å². The number of unbranched alkanes of at least 4 members (excludes halogenated alkanes) is 1. The monoisotopic (exact) mass is 247 g/mol. The van der Waals surface area contributed by atoms with E-state index in [0.29, 0.717) is 6.42 Å². The number of carbonyl (C=O) groups excluding carboxylic acids is 1. The van der Waals surface area contributed by atoms with Crippen LogP contribution >= 0.6 is 0 Å². The van der Waals surface area contributed by atoms with Crippen LogP contribution in [-0.4, -0.2) is 31.1 Å². The molecule has 0 spiro atoms. The lowest BCUT2D eigenvalue weighted by molar-refractivity contribution is -0.126. The Balaban J connectivity index is 2.14.